The van der Waals surface area contributed by atoms with E-state index in [0.29, 0.717) is 12.8 Å². The lowest BCUT2D eigenvalue weighted by molar-refractivity contribution is -0.146. The van der Waals surface area contributed by atoms with Gasteiger partial charge in [-0.25, -0.2) is 4.39 Å². The van der Waals surface area contributed by atoms with Crippen molar-refractivity contribution in [3.63, 3.8) is 0 Å². The molecule has 5 nitrogen and oxygen atoms in total. The molecule has 1 saturated heterocycles. The van der Waals surface area contributed by atoms with Gasteiger partial charge in [-0.15, -0.1) is 0 Å². The Morgan fingerprint density at radius 2 is 1.75 bits per heavy atom. The topological polar surface area (TPSA) is 63.7 Å². The Hall–Kier alpha value is -2.50. The van der Waals surface area contributed by atoms with Crippen molar-refractivity contribution >= 4 is 17.8 Å². The van der Waals surface area contributed by atoms with Gasteiger partial charge in [-0.3, -0.25) is 19.3 Å². The highest BCUT2D eigenvalue weighted by atomic mass is 19.1. The van der Waals surface area contributed by atoms with Crippen LogP contribution < -0.4 is 0 Å². The fourth-order valence-electron chi connectivity index (χ4n) is 3.14. The number of nitrogens with zero attached hydrogens (tertiary/aromatic N) is 1. The third-order valence-corrected chi connectivity index (χ3v) is 4.48. The molecule has 0 saturated carbocycles. The minimum absolute atomic E-state index is 0.0147. The van der Waals surface area contributed by atoms with Crippen molar-refractivity contribution in [2.75, 3.05) is 6.54 Å². The Balaban J connectivity index is 1.51. The van der Waals surface area contributed by atoms with Crippen LogP contribution in [0.1, 0.15) is 24.8 Å². The van der Waals surface area contributed by atoms with Crippen molar-refractivity contribution in [1.29, 1.82) is 0 Å². The smallest absolute Gasteiger partial charge is 0.307 e. The van der Waals surface area contributed by atoms with Gasteiger partial charge in [0, 0.05) is 12.1 Å². The summed E-state index contributed by atoms with van der Waals surface area (Å²) in [7, 11) is 0. The number of amides is 2. The fraction of sp³-hybridized carbons (Fsp3) is 0.389. The Labute approximate surface area is 139 Å². The van der Waals surface area contributed by atoms with Crippen LogP contribution in [0.4, 0.5) is 4.39 Å². The molecular formula is C18H18FNO4. The van der Waals surface area contributed by atoms with Crippen LogP contribution in [0.2, 0.25) is 0 Å². The second-order valence-electron chi connectivity index (χ2n) is 5.99. The van der Waals surface area contributed by atoms with Crippen molar-refractivity contribution in [2.24, 2.45) is 11.8 Å². The number of allylic oxidation sites excluding steroid dienone is 2. The number of esters is 1. The third-order valence-electron chi connectivity index (χ3n) is 4.48. The predicted octanol–water partition coefficient (Wildman–Crippen LogP) is 2.21. The van der Waals surface area contributed by atoms with Crippen molar-refractivity contribution in [1.82, 2.24) is 4.90 Å². The maximum atomic E-state index is 13.4. The van der Waals surface area contributed by atoms with E-state index < -0.39 is 11.8 Å². The molecule has 24 heavy (non-hydrogen) atoms. The minimum Gasteiger partial charge on any atom is -0.461 e. The van der Waals surface area contributed by atoms with E-state index >= 15 is 0 Å². The van der Waals surface area contributed by atoms with Crippen molar-refractivity contribution < 1.29 is 23.5 Å². The molecule has 0 spiro atoms. The van der Waals surface area contributed by atoms with Crippen molar-refractivity contribution in [3.05, 3.63) is 47.8 Å². The van der Waals surface area contributed by atoms with Gasteiger partial charge in [0.25, 0.3) is 0 Å². The number of carbonyl (C=O) groups excluding carboxylic acids is 3. The molecule has 1 aliphatic carbocycles. The molecule has 2 amide bonds. The van der Waals surface area contributed by atoms with Crippen LogP contribution in [0.25, 0.3) is 0 Å². The van der Waals surface area contributed by atoms with E-state index in [-0.39, 0.29) is 48.8 Å². The standard InChI is InChI=1S/C18H18FNO4/c19-15-8-4-1-5-12(15)11-24-16(21)9-10-20-17(22)13-6-2-3-7-14(13)18(20)23/h1-5,8,13-14H,6-7,9-11H2/t13-,14-/m1/s1. The SMILES string of the molecule is O=C(CCN1C(=O)[C@@H]2CC=CC[C@H]2C1=O)OCc1ccccc1F. The summed E-state index contributed by atoms with van der Waals surface area (Å²) >= 11 is 0. The monoisotopic (exact) mass is 331 g/mol. The highest BCUT2D eigenvalue weighted by molar-refractivity contribution is 6.05. The Morgan fingerprint density at radius 1 is 1.12 bits per heavy atom. The highest BCUT2D eigenvalue weighted by Gasteiger charge is 2.46. The first kappa shape index (κ1) is 16.4. The average Bonchev–Trinajstić information content (AvgIpc) is 2.84. The fourth-order valence-corrected chi connectivity index (χ4v) is 3.14. The van der Waals surface area contributed by atoms with Gasteiger partial charge in [0.2, 0.25) is 11.8 Å². The van der Waals surface area contributed by atoms with Crippen LogP contribution in [0.5, 0.6) is 0 Å². The largest absolute Gasteiger partial charge is 0.461 e. The molecule has 1 aromatic carbocycles. The van der Waals surface area contributed by atoms with E-state index in [2.05, 4.69) is 0 Å². The highest BCUT2D eigenvalue weighted by Crippen LogP contribution is 2.34. The first-order chi connectivity index (χ1) is 11.6. The number of hydrogen-bond acceptors (Lipinski definition) is 4. The quantitative estimate of drug-likeness (QED) is 0.471. The molecule has 6 heteroatoms. The van der Waals surface area contributed by atoms with Gasteiger partial charge in [0.05, 0.1) is 18.3 Å². The molecule has 0 bridgehead atoms. The van der Waals surface area contributed by atoms with Gasteiger partial charge in [0.1, 0.15) is 12.4 Å². The van der Waals surface area contributed by atoms with Crippen molar-refractivity contribution in [2.45, 2.75) is 25.9 Å². The number of fused-ring (bicyclic) bond motifs is 1. The van der Waals surface area contributed by atoms with Gasteiger partial charge in [-0.05, 0) is 18.9 Å². The third kappa shape index (κ3) is 3.22. The minimum atomic E-state index is -0.563. The van der Waals surface area contributed by atoms with Gasteiger partial charge >= 0.3 is 5.97 Å². The maximum Gasteiger partial charge on any atom is 0.307 e. The molecule has 1 aliphatic heterocycles. The maximum absolute atomic E-state index is 13.4. The first-order valence-corrected chi connectivity index (χ1v) is 7.97. The molecule has 1 fully saturated rings. The van der Waals surface area contributed by atoms with Gasteiger partial charge in [0.15, 0.2) is 0 Å². The van der Waals surface area contributed by atoms with Gasteiger partial charge in [-0.1, -0.05) is 30.4 Å². The molecule has 1 aromatic rings. The van der Waals surface area contributed by atoms with Crippen LogP contribution in [0.3, 0.4) is 0 Å². The summed E-state index contributed by atoms with van der Waals surface area (Å²) in [5.41, 5.74) is 0.288. The number of imide groups is 1. The van der Waals surface area contributed by atoms with Gasteiger partial charge < -0.3 is 4.74 Å². The molecule has 2 aliphatic rings. The second-order valence-corrected chi connectivity index (χ2v) is 5.99. The number of hydrogen-bond donors (Lipinski definition) is 0. The van der Waals surface area contributed by atoms with Crippen LogP contribution in [-0.4, -0.2) is 29.2 Å². The lowest BCUT2D eigenvalue weighted by Crippen LogP contribution is -2.33. The Morgan fingerprint density at radius 3 is 2.38 bits per heavy atom. The lowest BCUT2D eigenvalue weighted by Gasteiger charge is -2.14. The number of rotatable bonds is 5. The zero-order valence-electron chi connectivity index (χ0n) is 13.1. The summed E-state index contributed by atoms with van der Waals surface area (Å²) in [5.74, 6) is -2.01. The molecule has 3 rings (SSSR count). The molecule has 0 N–H and O–H groups in total. The van der Waals surface area contributed by atoms with Crippen molar-refractivity contribution in [3.8, 4) is 0 Å². The van der Waals surface area contributed by atoms with E-state index in [1.807, 2.05) is 12.2 Å². The zero-order valence-corrected chi connectivity index (χ0v) is 13.1. The van der Waals surface area contributed by atoms with E-state index in [1.54, 1.807) is 12.1 Å². The second kappa shape index (κ2) is 6.95. The number of halogens is 1. The molecule has 126 valence electrons. The van der Waals surface area contributed by atoms with Crippen LogP contribution >= 0.6 is 0 Å². The van der Waals surface area contributed by atoms with Crippen LogP contribution in [-0.2, 0) is 25.7 Å². The van der Waals surface area contributed by atoms with Crippen LogP contribution in [0.15, 0.2) is 36.4 Å². The number of carbonyl (C=O) groups is 3. The summed E-state index contributed by atoms with van der Waals surface area (Å²) in [5, 5.41) is 0. The Kier molecular flexibility index (Phi) is 4.74. The van der Waals surface area contributed by atoms with E-state index in [9.17, 15) is 18.8 Å². The molecule has 0 unspecified atom stereocenters. The predicted molar refractivity (Wildman–Crippen MR) is 82.9 cm³/mol. The average molecular weight is 331 g/mol. The summed E-state index contributed by atoms with van der Waals surface area (Å²) in [6, 6.07) is 6.04. The van der Waals surface area contributed by atoms with E-state index in [0.717, 1.165) is 4.90 Å². The molecule has 0 radical (unpaired) electrons. The molecule has 1 heterocycles. The van der Waals surface area contributed by atoms with Gasteiger partial charge in [-0.2, -0.15) is 0 Å². The first-order valence-electron chi connectivity index (χ1n) is 7.97. The summed E-state index contributed by atoms with van der Waals surface area (Å²) in [6.45, 7) is -0.149. The summed E-state index contributed by atoms with van der Waals surface area (Å²) < 4.78 is 18.5. The molecule has 2 atom stereocenters. The molecular weight excluding hydrogens is 313 g/mol. The molecule has 0 aromatic heterocycles. The zero-order chi connectivity index (χ0) is 17.1. The van der Waals surface area contributed by atoms with E-state index in [4.69, 9.17) is 4.74 Å². The number of likely N-dealkylation sites (tertiary alicyclic amines) is 1. The lowest BCUT2D eigenvalue weighted by atomic mass is 9.85. The summed E-state index contributed by atoms with van der Waals surface area (Å²) in [4.78, 5) is 37.5. The van der Waals surface area contributed by atoms with Crippen LogP contribution in [0, 0.1) is 17.7 Å². The van der Waals surface area contributed by atoms with E-state index in [1.165, 1.54) is 12.1 Å². The summed E-state index contributed by atoms with van der Waals surface area (Å²) in [6.07, 6.45) is 4.89. The normalized spacial score (nSPS) is 22.6. The number of benzene rings is 1. The number of ether oxygens (including phenoxy) is 1. The Bertz CT molecular complexity index is 674.